The molecular weight excluding hydrogens is 214 g/mol. The molecule has 4 nitrogen and oxygen atoms in total. The molecule has 1 aliphatic carbocycles. The summed E-state index contributed by atoms with van der Waals surface area (Å²) in [5.41, 5.74) is 7.97. The Morgan fingerprint density at radius 2 is 2.06 bits per heavy atom. The second-order valence-corrected chi connectivity index (χ2v) is 4.77. The predicted molar refractivity (Wildman–Crippen MR) is 66.1 cm³/mol. The van der Waals surface area contributed by atoms with Gasteiger partial charge in [-0.25, -0.2) is 4.79 Å². The number of nitrogens with zero attached hydrogens (tertiary/aromatic N) is 2. The van der Waals surface area contributed by atoms with E-state index in [4.69, 9.17) is 5.73 Å². The maximum Gasteiger partial charge on any atom is 0.332 e. The molecule has 17 heavy (non-hydrogen) atoms. The molecule has 0 spiro atoms. The van der Waals surface area contributed by atoms with Gasteiger partial charge in [0.25, 0.3) is 0 Å². The Labute approximate surface area is 99.3 Å². The number of rotatable bonds is 2. The zero-order valence-corrected chi connectivity index (χ0v) is 9.76. The Bertz CT molecular complexity index is 620. The number of aryl methyl sites for hydroxylation is 1. The van der Waals surface area contributed by atoms with Crippen molar-refractivity contribution in [3.63, 3.8) is 0 Å². The highest BCUT2D eigenvalue weighted by molar-refractivity contribution is 5.40. The smallest absolute Gasteiger partial charge is 0.321 e. The van der Waals surface area contributed by atoms with Gasteiger partial charge in [0.1, 0.15) is 0 Å². The molecule has 1 aromatic carbocycles. The van der Waals surface area contributed by atoms with Crippen LogP contribution in [-0.4, -0.2) is 9.13 Å². The van der Waals surface area contributed by atoms with Crippen LogP contribution in [0.3, 0.4) is 0 Å². The molecule has 0 amide bonds. The van der Waals surface area contributed by atoms with Crippen LogP contribution in [0.25, 0.3) is 5.69 Å². The summed E-state index contributed by atoms with van der Waals surface area (Å²) in [4.78, 5) is 11.8. The van der Waals surface area contributed by atoms with Crippen LogP contribution in [0.2, 0.25) is 0 Å². The lowest BCUT2D eigenvalue weighted by Gasteiger charge is -2.10. The number of imidazole rings is 1. The molecule has 3 rings (SSSR count). The van der Waals surface area contributed by atoms with Gasteiger partial charge >= 0.3 is 5.69 Å². The Morgan fingerprint density at radius 1 is 1.29 bits per heavy atom. The fourth-order valence-electron chi connectivity index (χ4n) is 2.05. The number of nitrogens with two attached hydrogens (primary N) is 1. The van der Waals surface area contributed by atoms with Crippen LogP contribution in [0.4, 0.5) is 0 Å². The summed E-state index contributed by atoms with van der Waals surface area (Å²) in [5.74, 6) is 0. The molecule has 4 heteroatoms. The van der Waals surface area contributed by atoms with Gasteiger partial charge in [-0.15, -0.1) is 0 Å². The predicted octanol–water partition coefficient (Wildman–Crippen LogP) is 1.12. The Hall–Kier alpha value is -1.81. The Balaban J connectivity index is 2.10. The summed E-state index contributed by atoms with van der Waals surface area (Å²) in [5, 5.41) is 0. The molecule has 0 saturated heterocycles. The first-order valence-electron chi connectivity index (χ1n) is 5.74. The number of hydrogen-bond acceptors (Lipinski definition) is 2. The van der Waals surface area contributed by atoms with Crippen molar-refractivity contribution in [2.45, 2.75) is 18.4 Å². The van der Waals surface area contributed by atoms with E-state index in [9.17, 15) is 4.79 Å². The summed E-state index contributed by atoms with van der Waals surface area (Å²) in [7, 11) is 1.74. The summed E-state index contributed by atoms with van der Waals surface area (Å²) in [6.07, 6.45) is 5.59. The molecule has 1 aliphatic rings. The van der Waals surface area contributed by atoms with E-state index in [-0.39, 0.29) is 11.2 Å². The van der Waals surface area contributed by atoms with Crippen LogP contribution >= 0.6 is 0 Å². The van der Waals surface area contributed by atoms with Crippen molar-refractivity contribution >= 4 is 0 Å². The molecule has 2 N–H and O–H groups in total. The summed E-state index contributed by atoms with van der Waals surface area (Å²) >= 11 is 0. The molecule has 0 unspecified atom stereocenters. The minimum absolute atomic E-state index is 0.0379. The lowest BCUT2D eigenvalue weighted by molar-refractivity contribution is 0.737. The minimum atomic E-state index is -0.158. The average Bonchev–Trinajstić information content (AvgIpc) is 3.00. The zero-order valence-electron chi connectivity index (χ0n) is 9.76. The van der Waals surface area contributed by atoms with Crippen molar-refractivity contribution in [3.05, 3.63) is 52.7 Å². The first kappa shape index (κ1) is 10.4. The minimum Gasteiger partial charge on any atom is -0.321 e. The molecule has 1 fully saturated rings. The normalized spacial score (nSPS) is 17.1. The number of aromatic nitrogens is 2. The molecule has 1 aromatic heterocycles. The number of hydrogen-bond donors (Lipinski definition) is 1. The van der Waals surface area contributed by atoms with Gasteiger partial charge in [0.2, 0.25) is 0 Å². The van der Waals surface area contributed by atoms with Crippen molar-refractivity contribution in [2.75, 3.05) is 0 Å². The lowest BCUT2D eigenvalue weighted by atomic mass is 10.1. The zero-order chi connectivity index (χ0) is 12.0. The van der Waals surface area contributed by atoms with Crippen molar-refractivity contribution in [1.82, 2.24) is 9.13 Å². The molecule has 1 heterocycles. The number of benzene rings is 1. The molecule has 0 aliphatic heterocycles. The van der Waals surface area contributed by atoms with Gasteiger partial charge in [0.15, 0.2) is 0 Å². The standard InChI is InChI=1S/C13H15N3O/c1-15-7-8-16(12(15)17)11-4-2-3-10(9-11)13(14)5-6-13/h2-4,7-9H,5-6,14H2,1H3. The van der Waals surface area contributed by atoms with Crippen molar-refractivity contribution < 1.29 is 0 Å². The van der Waals surface area contributed by atoms with Gasteiger partial charge in [-0.1, -0.05) is 12.1 Å². The highest BCUT2D eigenvalue weighted by atomic mass is 16.1. The van der Waals surface area contributed by atoms with Crippen LogP contribution < -0.4 is 11.4 Å². The lowest BCUT2D eigenvalue weighted by Crippen LogP contribution is -2.22. The maximum atomic E-state index is 11.8. The molecule has 0 bridgehead atoms. The first-order valence-corrected chi connectivity index (χ1v) is 5.74. The van der Waals surface area contributed by atoms with E-state index >= 15 is 0 Å². The van der Waals surface area contributed by atoms with Gasteiger partial charge in [0, 0.05) is 25.0 Å². The monoisotopic (exact) mass is 229 g/mol. The Morgan fingerprint density at radius 3 is 2.65 bits per heavy atom. The molecule has 1 saturated carbocycles. The third-order valence-corrected chi connectivity index (χ3v) is 3.44. The van der Waals surface area contributed by atoms with Crippen LogP contribution in [0.15, 0.2) is 41.5 Å². The van der Waals surface area contributed by atoms with E-state index in [0.29, 0.717) is 0 Å². The first-order chi connectivity index (χ1) is 8.10. The van der Waals surface area contributed by atoms with Gasteiger partial charge in [-0.2, -0.15) is 0 Å². The van der Waals surface area contributed by atoms with Gasteiger partial charge in [0.05, 0.1) is 5.69 Å². The van der Waals surface area contributed by atoms with Crippen LogP contribution in [0.1, 0.15) is 18.4 Å². The third-order valence-electron chi connectivity index (χ3n) is 3.44. The van der Waals surface area contributed by atoms with Crippen LogP contribution in [-0.2, 0) is 12.6 Å². The molecular formula is C13H15N3O. The molecule has 0 atom stereocenters. The van der Waals surface area contributed by atoms with E-state index in [1.807, 2.05) is 24.3 Å². The molecule has 0 radical (unpaired) electrons. The quantitative estimate of drug-likeness (QED) is 0.839. The van der Waals surface area contributed by atoms with E-state index in [1.54, 1.807) is 28.6 Å². The highest BCUT2D eigenvalue weighted by Gasteiger charge is 2.39. The fourth-order valence-corrected chi connectivity index (χ4v) is 2.05. The average molecular weight is 229 g/mol. The van der Waals surface area contributed by atoms with Crippen LogP contribution in [0, 0.1) is 0 Å². The van der Waals surface area contributed by atoms with Crippen molar-refractivity contribution in [2.24, 2.45) is 12.8 Å². The van der Waals surface area contributed by atoms with E-state index < -0.39 is 0 Å². The largest absolute Gasteiger partial charge is 0.332 e. The van der Waals surface area contributed by atoms with Gasteiger partial charge < -0.3 is 10.3 Å². The van der Waals surface area contributed by atoms with Crippen LogP contribution in [0.5, 0.6) is 0 Å². The maximum absolute atomic E-state index is 11.8. The highest BCUT2D eigenvalue weighted by Crippen LogP contribution is 2.42. The topological polar surface area (TPSA) is 52.9 Å². The Kier molecular flexibility index (Phi) is 2.03. The van der Waals surface area contributed by atoms with E-state index in [1.165, 1.54) is 0 Å². The molecule has 2 aromatic rings. The summed E-state index contributed by atoms with van der Waals surface area (Å²) < 4.78 is 3.19. The molecule has 88 valence electrons. The van der Waals surface area contributed by atoms with Gasteiger partial charge in [-0.3, -0.25) is 4.57 Å². The van der Waals surface area contributed by atoms with Crippen molar-refractivity contribution in [1.29, 1.82) is 0 Å². The second-order valence-electron chi connectivity index (χ2n) is 4.77. The summed E-state index contributed by atoms with van der Waals surface area (Å²) in [6, 6.07) is 7.92. The van der Waals surface area contributed by atoms with Gasteiger partial charge in [-0.05, 0) is 30.5 Å². The second kappa shape index (κ2) is 3.34. The fraction of sp³-hybridized carbons (Fsp3) is 0.308. The SMILES string of the molecule is Cn1ccn(-c2cccc(C3(N)CC3)c2)c1=O. The van der Waals surface area contributed by atoms with E-state index in [0.717, 1.165) is 24.1 Å². The third kappa shape index (κ3) is 1.61. The van der Waals surface area contributed by atoms with Crippen molar-refractivity contribution in [3.8, 4) is 5.69 Å². The van der Waals surface area contributed by atoms with E-state index in [2.05, 4.69) is 0 Å². The summed E-state index contributed by atoms with van der Waals surface area (Å²) in [6.45, 7) is 0.